The highest BCUT2D eigenvalue weighted by atomic mass is 32.2. The molecule has 3 aliphatic rings. The molecule has 108 valence electrons. The Labute approximate surface area is 120 Å². The van der Waals surface area contributed by atoms with Crippen LogP contribution >= 0.6 is 11.8 Å². The highest BCUT2D eigenvalue weighted by Gasteiger charge is 2.42. The van der Waals surface area contributed by atoms with E-state index in [0.717, 1.165) is 30.2 Å². The Bertz CT molecular complexity index is 316. The first-order valence-electron chi connectivity index (χ1n) is 7.89. The van der Waals surface area contributed by atoms with Gasteiger partial charge in [0.1, 0.15) is 0 Å². The molecule has 1 saturated heterocycles. The predicted octanol–water partition coefficient (Wildman–Crippen LogP) is 2.12. The predicted molar refractivity (Wildman–Crippen MR) is 80.4 cm³/mol. The smallest absolute Gasteiger partial charge is 0.234 e. The van der Waals surface area contributed by atoms with E-state index in [2.05, 4.69) is 28.9 Å². The van der Waals surface area contributed by atoms with Gasteiger partial charge in [-0.25, -0.2) is 0 Å². The molecule has 0 aromatic heterocycles. The summed E-state index contributed by atoms with van der Waals surface area (Å²) in [6, 6.07) is 0.508. The number of rotatable bonds is 6. The van der Waals surface area contributed by atoms with Crippen molar-refractivity contribution in [1.29, 1.82) is 0 Å². The minimum atomic E-state index is 0.269. The molecule has 2 aliphatic carbocycles. The molecular formula is C15H26N2OS. The highest BCUT2D eigenvalue weighted by Crippen LogP contribution is 2.44. The largest absolute Gasteiger partial charge is 0.352 e. The molecule has 1 N–H and O–H groups in total. The number of nitrogens with zero attached hydrogens (tertiary/aromatic N) is 1. The molecule has 1 aliphatic heterocycles. The van der Waals surface area contributed by atoms with Crippen LogP contribution in [0.4, 0.5) is 0 Å². The average molecular weight is 282 g/mol. The van der Waals surface area contributed by atoms with E-state index in [1.54, 1.807) is 0 Å². The van der Waals surface area contributed by atoms with Gasteiger partial charge in [-0.15, -0.1) is 0 Å². The minimum absolute atomic E-state index is 0.269. The second-order valence-electron chi connectivity index (χ2n) is 6.40. The first-order valence-corrected chi connectivity index (χ1v) is 8.94. The summed E-state index contributed by atoms with van der Waals surface area (Å²) in [5, 5.41) is 4.06. The standard InChI is InChI=1S/C15H26N2OS/c1-2-13-9-17(7-8-19-13)10-14(18)16-15(11-3-4-11)12-5-6-12/h11-13,15H,2-10H2,1H3,(H,16,18)/t13-/m0/s1. The van der Waals surface area contributed by atoms with Crippen molar-refractivity contribution in [2.75, 3.05) is 25.4 Å². The second kappa shape index (κ2) is 6.04. The van der Waals surface area contributed by atoms with Gasteiger partial charge in [0.15, 0.2) is 0 Å². The van der Waals surface area contributed by atoms with Gasteiger partial charge in [0, 0.05) is 30.1 Å². The van der Waals surface area contributed by atoms with Crippen LogP contribution in [0.25, 0.3) is 0 Å². The Hall–Kier alpha value is -0.220. The van der Waals surface area contributed by atoms with Gasteiger partial charge in [-0.05, 0) is 43.9 Å². The molecule has 3 fully saturated rings. The van der Waals surface area contributed by atoms with Crippen molar-refractivity contribution < 1.29 is 4.79 Å². The van der Waals surface area contributed by atoms with E-state index >= 15 is 0 Å². The average Bonchev–Trinajstić information content (AvgIpc) is 3.29. The lowest BCUT2D eigenvalue weighted by molar-refractivity contribution is -0.123. The number of hydrogen-bond acceptors (Lipinski definition) is 3. The summed E-state index contributed by atoms with van der Waals surface area (Å²) >= 11 is 2.06. The van der Waals surface area contributed by atoms with Crippen molar-refractivity contribution in [2.24, 2.45) is 11.8 Å². The summed E-state index contributed by atoms with van der Waals surface area (Å²) in [5.41, 5.74) is 0. The van der Waals surface area contributed by atoms with Gasteiger partial charge >= 0.3 is 0 Å². The molecule has 1 atom stereocenters. The van der Waals surface area contributed by atoms with Crippen molar-refractivity contribution >= 4 is 17.7 Å². The van der Waals surface area contributed by atoms with Crippen LogP contribution in [-0.2, 0) is 4.79 Å². The topological polar surface area (TPSA) is 32.3 Å². The van der Waals surface area contributed by atoms with E-state index in [-0.39, 0.29) is 5.91 Å². The van der Waals surface area contributed by atoms with Gasteiger partial charge < -0.3 is 5.32 Å². The molecular weight excluding hydrogens is 256 g/mol. The summed E-state index contributed by atoms with van der Waals surface area (Å²) in [4.78, 5) is 14.6. The second-order valence-corrected chi connectivity index (χ2v) is 7.81. The van der Waals surface area contributed by atoms with Crippen LogP contribution in [0.5, 0.6) is 0 Å². The van der Waals surface area contributed by atoms with E-state index in [9.17, 15) is 4.79 Å². The Morgan fingerprint density at radius 1 is 1.32 bits per heavy atom. The third-order valence-electron chi connectivity index (χ3n) is 4.63. The summed E-state index contributed by atoms with van der Waals surface area (Å²) < 4.78 is 0. The SMILES string of the molecule is CC[C@H]1CN(CC(=O)NC(C2CC2)C2CC2)CCS1. The molecule has 4 heteroatoms. The molecule has 0 aromatic carbocycles. The number of nitrogens with one attached hydrogen (secondary N) is 1. The normalized spacial score (nSPS) is 28.6. The molecule has 1 heterocycles. The molecule has 0 aromatic rings. The third kappa shape index (κ3) is 3.88. The van der Waals surface area contributed by atoms with Crippen LogP contribution in [0.1, 0.15) is 39.0 Å². The zero-order valence-corrected chi connectivity index (χ0v) is 12.8. The van der Waals surface area contributed by atoms with Crippen molar-refractivity contribution in [1.82, 2.24) is 10.2 Å². The number of carbonyl (C=O) groups excluding carboxylic acids is 1. The number of carbonyl (C=O) groups is 1. The van der Waals surface area contributed by atoms with E-state index < -0.39 is 0 Å². The summed E-state index contributed by atoms with van der Waals surface area (Å²) in [7, 11) is 0. The molecule has 19 heavy (non-hydrogen) atoms. The van der Waals surface area contributed by atoms with Crippen LogP contribution in [0.15, 0.2) is 0 Å². The fourth-order valence-corrected chi connectivity index (χ4v) is 4.39. The number of hydrogen-bond donors (Lipinski definition) is 1. The molecule has 1 amide bonds. The Balaban J connectivity index is 1.44. The molecule has 0 unspecified atom stereocenters. The quantitative estimate of drug-likeness (QED) is 0.810. The zero-order valence-electron chi connectivity index (χ0n) is 11.9. The van der Waals surface area contributed by atoms with Crippen molar-refractivity contribution in [2.45, 2.75) is 50.3 Å². The monoisotopic (exact) mass is 282 g/mol. The van der Waals surface area contributed by atoms with Gasteiger partial charge in [0.05, 0.1) is 6.54 Å². The first-order chi connectivity index (χ1) is 9.26. The lowest BCUT2D eigenvalue weighted by Gasteiger charge is -2.31. The fourth-order valence-electron chi connectivity index (χ4n) is 3.14. The Morgan fingerprint density at radius 3 is 2.58 bits per heavy atom. The zero-order chi connectivity index (χ0) is 13.2. The summed E-state index contributed by atoms with van der Waals surface area (Å²) in [5.74, 6) is 3.06. The number of amides is 1. The Morgan fingerprint density at radius 2 is 2.00 bits per heavy atom. The third-order valence-corrected chi connectivity index (χ3v) is 6.00. The maximum Gasteiger partial charge on any atom is 0.234 e. The maximum atomic E-state index is 12.2. The van der Waals surface area contributed by atoms with E-state index in [1.807, 2.05) is 0 Å². The molecule has 2 saturated carbocycles. The summed E-state index contributed by atoms with van der Waals surface area (Å²) in [6.45, 7) is 5.03. The van der Waals surface area contributed by atoms with Crippen molar-refractivity contribution in [3.63, 3.8) is 0 Å². The highest BCUT2D eigenvalue weighted by molar-refractivity contribution is 8.00. The fraction of sp³-hybridized carbons (Fsp3) is 0.933. The van der Waals surface area contributed by atoms with Gasteiger partial charge in [-0.1, -0.05) is 6.92 Å². The molecule has 3 nitrogen and oxygen atoms in total. The van der Waals surface area contributed by atoms with E-state index in [0.29, 0.717) is 12.6 Å². The van der Waals surface area contributed by atoms with Crippen LogP contribution in [-0.4, -0.2) is 47.5 Å². The van der Waals surface area contributed by atoms with E-state index in [1.165, 1.54) is 37.9 Å². The summed E-state index contributed by atoms with van der Waals surface area (Å²) in [6.07, 6.45) is 6.55. The van der Waals surface area contributed by atoms with Crippen LogP contribution in [0, 0.1) is 11.8 Å². The molecule has 3 rings (SSSR count). The van der Waals surface area contributed by atoms with Crippen molar-refractivity contribution in [3.05, 3.63) is 0 Å². The van der Waals surface area contributed by atoms with Gasteiger partial charge in [0.2, 0.25) is 5.91 Å². The minimum Gasteiger partial charge on any atom is -0.352 e. The van der Waals surface area contributed by atoms with Crippen LogP contribution in [0.3, 0.4) is 0 Å². The lowest BCUT2D eigenvalue weighted by atomic mass is 10.1. The van der Waals surface area contributed by atoms with Gasteiger partial charge in [-0.3, -0.25) is 9.69 Å². The Kier molecular flexibility index (Phi) is 4.37. The maximum absolute atomic E-state index is 12.2. The number of thioether (sulfide) groups is 1. The molecule has 0 spiro atoms. The first kappa shape index (κ1) is 13.7. The van der Waals surface area contributed by atoms with Crippen LogP contribution in [0.2, 0.25) is 0 Å². The lowest BCUT2D eigenvalue weighted by Crippen LogP contribution is -2.47. The van der Waals surface area contributed by atoms with Crippen LogP contribution < -0.4 is 5.32 Å². The molecule has 0 radical (unpaired) electrons. The van der Waals surface area contributed by atoms with Gasteiger partial charge in [0.25, 0.3) is 0 Å². The molecule has 0 bridgehead atoms. The van der Waals surface area contributed by atoms with Crippen molar-refractivity contribution in [3.8, 4) is 0 Å². The van der Waals surface area contributed by atoms with E-state index in [4.69, 9.17) is 0 Å². The van der Waals surface area contributed by atoms with Gasteiger partial charge in [-0.2, -0.15) is 11.8 Å².